The molecule has 1 N–H and O–H groups in total. The number of hydrogen-bond acceptors (Lipinski definition) is 4. The van der Waals surface area contributed by atoms with Gasteiger partial charge in [0.2, 0.25) is 0 Å². The van der Waals surface area contributed by atoms with E-state index in [2.05, 4.69) is 4.98 Å². The Balaban J connectivity index is 2.30. The summed E-state index contributed by atoms with van der Waals surface area (Å²) in [4.78, 5) is 6.22. The summed E-state index contributed by atoms with van der Waals surface area (Å²) in [5.41, 5.74) is 0.239. The molecule has 0 amide bonds. The van der Waals surface area contributed by atoms with E-state index >= 15 is 0 Å². The van der Waals surface area contributed by atoms with E-state index in [-0.39, 0.29) is 18.3 Å². The monoisotopic (exact) mass is 237 g/mol. The third-order valence-electron chi connectivity index (χ3n) is 2.82. The minimum atomic E-state index is 0.111. The molecule has 1 aliphatic rings. The summed E-state index contributed by atoms with van der Waals surface area (Å²) in [7, 11) is 0. The molecule has 16 heavy (non-hydrogen) atoms. The molecule has 1 aromatic heterocycles. The Kier molecular flexibility index (Phi) is 3.28. The van der Waals surface area contributed by atoms with Crippen LogP contribution in [0.2, 0.25) is 5.02 Å². The largest absolute Gasteiger partial charge is 0.394 e. The highest BCUT2D eigenvalue weighted by Crippen LogP contribution is 2.25. The number of anilines is 1. The van der Waals surface area contributed by atoms with Gasteiger partial charge in [-0.3, -0.25) is 0 Å². The fraction of sp³-hybridized carbons (Fsp3) is 0.455. The Morgan fingerprint density at radius 2 is 2.44 bits per heavy atom. The number of hydrogen-bond donors (Lipinski definition) is 1. The molecule has 1 fully saturated rings. The van der Waals surface area contributed by atoms with Crippen molar-refractivity contribution in [1.29, 1.82) is 5.26 Å². The zero-order valence-corrected chi connectivity index (χ0v) is 9.48. The third-order valence-corrected chi connectivity index (χ3v) is 3.12. The van der Waals surface area contributed by atoms with Crippen molar-refractivity contribution in [2.24, 2.45) is 0 Å². The summed E-state index contributed by atoms with van der Waals surface area (Å²) in [6, 6.07) is 5.54. The van der Waals surface area contributed by atoms with Crippen molar-refractivity contribution in [2.75, 3.05) is 18.1 Å². The number of aliphatic hydroxyl groups is 1. The first-order chi connectivity index (χ1) is 7.76. The second kappa shape index (κ2) is 4.69. The number of aromatic nitrogens is 1. The van der Waals surface area contributed by atoms with Gasteiger partial charge in [-0.15, -0.1) is 0 Å². The van der Waals surface area contributed by atoms with Crippen LogP contribution in [0.4, 0.5) is 5.82 Å². The molecule has 84 valence electrons. The molecule has 0 aromatic carbocycles. The molecule has 0 spiro atoms. The van der Waals surface area contributed by atoms with Gasteiger partial charge < -0.3 is 10.0 Å². The van der Waals surface area contributed by atoms with E-state index in [1.54, 1.807) is 12.1 Å². The SMILES string of the molecule is N#Cc1nc(N2CCC[C@@H]2CO)ccc1Cl. The van der Waals surface area contributed by atoms with Crippen LogP contribution in [0.3, 0.4) is 0 Å². The highest BCUT2D eigenvalue weighted by molar-refractivity contribution is 6.31. The maximum Gasteiger partial charge on any atom is 0.161 e. The molecule has 1 saturated heterocycles. The normalized spacial score (nSPS) is 19.8. The third kappa shape index (κ3) is 1.97. The van der Waals surface area contributed by atoms with E-state index in [9.17, 15) is 5.11 Å². The van der Waals surface area contributed by atoms with Crippen LogP contribution in [0.25, 0.3) is 0 Å². The molecule has 0 bridgehead atoms. The summed E-state index contributed by atoms with van der Waals surface area (Å²) >= 11 is 5.82. The second-order valence-electron chi connectivity index (χ2n) is 3.78. The van der Waals surface area contributed by atoms with Gasteiger partial charge in [-0.2, -0.15) is 5.26 Å². The maximum absolute atomic E-state index is 9.22. The number of nitrogens with zero attached hydrogens (tertiary/aromatic N) is 3. The van der Waals surface area contributed by atoms with Crippen LogP contribution in [-0.4, -0.2) is 29.3 Å². The lowest BCUT2D eigenvalue weighted by Gasteiger charge is -2.24. The number of pyridine rings is 1. The average molecular weight is 238 g/mol. The van der Waals surface area contributed by atoms with Crippen LogP contribution in [0, 0.1) is 11.3 Å². The van der Waals surface area contributed by atoms with Crippen LogP contribution in [0.5, 0.6) is 0 Å². The summed E-state index contributed by atoms with van der Waals surface area (Å²) < 4.78 is 0. The van der Waals surface area contributed by atoms with Crippen molar-refractivity contribution < 1.29 is 5.11 Å². The van der Waals surface area contributed by atoms with E-state index in [1.807, 2.05) is 11.0 Å². The molecule has 4 nitrogen and oxygen atoms in total. The number of nitriles is 1. The molecule has 0 aliphatic carbocycles. The second-order valence-corrected chi connectivity index (χ2v) is 4.19. The topological polar surface area (TPSA) is 60.2 Å². The molecule has 0 saturated carbocycles. The lowest BCUT2D eigenvalue weighted by Crippen LogP contribution is -2.32. The van der Waals surface area contributed by atoms with Crippen molar-refractivity contribution >= 4 is 17.4 Å². The van der Waals surface area contributed by atoms with Crippen LogP contribution in [0.15, 0.2) is 12.1 Å². The Labute approximate surface area is 99.1 Å². The molecular formula is C11H12ClN3O. The van der Waals surface area contributed by atoms with Gasteiger partial charge in [0, 0.05) is 6.54 Å². The fourth-order valence-electron chi connectivity index (χ4n) is 2.00. The average Bonchev–Trinajstić information content (AvgIpc) is 2.78. The smallest absolute Gasteiger partial charge is 0.161 e. The molecule has 2 rings (SSSR count). The van der Waals surface area contributed by atoms with Gasteiger partial charge in [-0.25, -0.2) is 4.98 Å². The van der Waals surface area contributed by atoms with Crippen LogP contribution in [-0.2, 0) is 0 Å². The van der Waals surface area contributed by atoms with E-state index in [1.165, 1.54) is 0 Å². The first kappa shape index (κ1) is 11.2. The molecule has 1 aromatic rings. The standard InChI is InChI=1S/C11H12ClN3O/c12-9-3-4-11(14-10(9)6-13)15-5-1-2-8(15)7-16/h3-4,8,16H,1-2,5,7H2/t8-/m1/s1. The molecule has 1 atom stereocenters. The highest BCUT2D eigenvalue weighted by Gasteiger charge is 2.25. The quantitative estimate of drug-likeness (QED) is 0.848. The molecule has 5 heteroatoms. The molecule has 0 unspecified atom stereocenters. The minimum Gasteiger partial charge on any atom is -0.394 e. The number of halogens is 1. The van der Waals surface area contributed by atoms with Crippen LogP contribution < -0.4 is 4.90 Å². The van der Waals surface area contributed by atoms with Crippen molar-refractivity contribution in [3.05, 3.63) is 22.8 Å². The van der Waals surface area contributed by atoms with E-state index in [4.69, 9.17) is 16.9 Å². The molecular weight excluding hydrogens is 226 g/mol. The Hall–Kier alpha value is -1.31. The van der Waals surface area contributed by atoms with Crippen molar-refractivity contribution in [1.82, 2.24) is 4.98 Å². The zero-order valence-electron chi connectivity index (χ0n) is 8.73. The van der Waals surface area contributed by atoms with Crippen molar-refractivity contribution in [3.63, 3.8) is 0 Å². The van der Waals surface area contributed by atoms with Crippen molar-refractivity contribution in [2.45, 2.75) is 18.9 Å². The van der Waals surface area contributed by atoms with Crippen LogP contribution >= 0.6 is 11.6 Å². The predicted octanol–water partition coefficient (Wildman–Crippen LogP) is 1.57. The van der Waals surface area contributed by atoms with Gasteiger partial charge in [0.1, 0.15) is 11.9 Å². The summed E-state index contributed by atoms with van der Waals surface area (Å²) in [6.45, 7) is 0.983. The first-order valence-corrected chi connectivity index (χ1v) is 5.58. The zero-order chi connectivity index (χ0) is 11.5. The first-order valence-electron chi connectivity index (χ1n) is 5.20. The fourth-order valence-corrected chi connectivity index (χ4v) is 2.14. The molecule has 1 aliphatic heterocycles. The van der Waals surface area contributed by atoms with Gasteiger partial charge in [0.05, 0.1) is 17.7 Å². The number of aliphatic hydroxyl groups excluding tert-OH is 1. The lowest BCUT2D eigenvalue weighted by atomic mass is 10.2. The van der Waals surface area contributed by atoms with Gasteiger partial charge in [0.25, 0.3) is 0 Å². The predicted molar refractivity (Wildman–Crippen MR) is 61.4 cm³/mol. The molecule has 2 heterocycles. The van der Waals surface area contributed by atoms with Gasteiger partial charge in [-0.1, -0.05) is 11.6 Å². The van der Waals surface area contributed by atoms with E-state index < -0.39 is 0 Å². The molecule has 0 radical (unpaired) electrons. The highest BCUT2D eigenvalue weighted by atomic mass is 35.5. The van der Waals surface area contributed by atoms with Gasteiger partial charge >= 0.3 is 0 Å². The van der Waals surface area contributed by atoms with Gasteiger partial charge in [-0.05, 0) is 25.0 Å². The Morgan fingerprint density at radius 1 is 1.62 bits per heavy atom. The lowest BCUT2D eigenvalue weighted by molar-refractivity contribution is 0.266. The van der Waals surface area contributed by atoms with E-state index in [0.29, 0.717) is 5.02 Å². The van der Waals surface area contributed by atoms with Crippen LogP contribution in [0.1, 0.15) is 18.5 Å². The maximum atomic E-state index is 9.22. The Bertz CT molecular complexity index is 430. The van der Waals surface area contributed by atoms with Crippen molar-refractivity contribution in [3.8, 4) is 6.07 Å². The minimum absolute atomic E-state index is 0.111. The Morgan fingerprint density at radius 3 is 3.12 bits per heavy atom. The van der Waals surface area contributed by atoms with E-state index in [0.717, 1.165) is 25.2 Å². The summed E-state index contributed by atoms with van der Waals surface area (Å²) in [6.07, 6.45) is 2.00. The number of rotatable bonds is 2. The summed E-state index contributed by atoms with van der Waals surface area (Å²) in [5.74, 6) is 0.720. The summed E-state index contributed by atoms with van der Waals surface area (Å²) in [5, 5.41) is 18.4. The van der Waals surface area contributed by atoms with Gasteiger partial charge in [0.15, 0.2) is 5.69 Å².